The number of benzene rings is 2. The highest BCUT2D eigenvalue weighted by Gasteiger charge is 2.23. The third kappa shape index (κ3) is 3.99. The number of fused-ring (bicyclic) bond motifs is 1. The van der Waals surface area contributed by atoms with Gasteiger partial charge < -0.3 is 9.73 Å². The number of aliphatic imine (C=N–C) groups is 1. The van der Waals surface area contributed by atoms with Crippen molar-refractivity contribution in [1.29, 1.82) is 0 Å². The summed E-state index contributed by atoms with van der Waals surface area (Å²) < 4.78 is 5.11. The molecule has 2 heterocycles. The van der Waals surface area contributed by atoms with Gasteiger partial charge in [-0.3, -0.25) is 4.79 Å². The van der Waals surface area contributed by atoms with E-state index in [0.717, 1.165) is 10.9 Å². The molecule has 4 rings (SSSR count). The molecule has 0 saturated carbocycles. The minimum atomic E-state index is -0.388. The normalized spacial score (nSPS) is 17.0. The van der Waals surface area contributed by atoms with Crippen LogP contribution in [0.3, 0.4) is 0 Å². The largest absolute Gasteiger partial charge is 0.423 e. The fourth-order valence-electron chi connectivity index (χ4n) is 2.58. The van der Waals surface area contributed by atoms with Crippen molar-refractivity contribution >= 4 is 57.3 Å². The first-order chi connectivity index (χ1) is 13.1. The molecule has 1 fully saturated rings. The first-order valence-corrected chi connectivity index (χ1v) is 10.1. The van der Waals surface area contributed by atoms with Crippen molar-refractivity contribution in [3.05, 3.63) is 75.5 Å². The minimum absolute atomic E-state index is 0.167. The van der Waals surface area contributed by atoms with Gasteiger partial charge in [-0.05, 0) is 66.1 Å². The van der Waals surface area contributed by atoms with Crippen LogP contribution in [0.1, 0.15) is 5.56 Å². The van der Waals surface area contributed by atoms with Gasteiger partial charge in [0.2, 0.25) is 0 Å². The van der Waals surface area contributed by atoms with E-state index < -0.39 is 0 Å². The molecule has 1 aliphatic rings. The lowest BCUT2D eigenvalue weighted by Crippen LogP contribution is -2.19. The van der Waals surface area contributed by atoms with Crippen molar-refractivity contribution in [3.8, 4) is 0 Å². The Morgan fingerprint density at radius 2 is 1.89 bits per heavy atom. The Bertz CT molecular complexity index is 1150. The summed E-state index contributed by atoms with van der Waals surface area (Å²) in [6, 6.07) is 16.3. The molecule has 0 atom stereocenters. The lowest BCUT2D eigenvalue weighted by molar-refractivity contribution is -0.115. The molecule has 1 aromatic heterocycles. The molecule has 27 heavy (non-hydrogen) atoms. The molecule has 0 bridgehead atoms. The molecule has 0 aliphatic carbocycles. The maximum absolute atomic E-state index is 12.2. The number of hydrogen-bond donors (Lipinski definition) is 1. The highest BCUT2D eigenvalue weighted by molar-refractivity contribution is 8.18. The van der Waals surface area contributed by atoms with Crippen LogP contribution in [0.5, 0.6) is 0 Å². The number of thioether (sulfide) groups is 2. The quantitative estimate of drug-likeness (QED) is 0.405. The highest BCUT2D eigenvalue weighted by atomic mass is 32.2. The maximum atomic E-state index is 12.2. The van der Waals surface area contributed by atoms with Crippen LogP contribution < -0.4 is 10.9 Å². The van der Waals surface area contributed by atoms with Crippen molar-refractivity contribution in [2.24, 2.45) is 4.99 Å². The first-order valence-electron chi connectivity index (χ1n) is 8.08. The van der Waals surface area contributed by atoms with Crippen LogP contribution in [0.4, 0.5) is 5.69 Å². The second-order valence-corrected chi connectivity index (χ2v) is 7.64. The second kappa shape index (κ2) is 7.46. The second-order valence-electron chi connectivity index (χ2n) is 5.73. The Morgan fingerprint density at radius 1 is 1.07 bits per heavy atom. The van der Waals surface area contributed by atoms with E-state index in [1.165, 1.54) is 22.7 Å². The molecule has 2 aromatic carbocycles. The number of rotatable bonds is 3. The molecule has 0 radical (unpaired) electrons. The standard InChI is InChI=1S/C20H14N2O3S2/c1-26-15-6-2-12(3-7-15)10-17-19(24)22-20(27-17)21-14-5-8-16-13(11-14)4-9-18(23)25-16/h2-11H,1H3,(H,21,22,24)/b17-10+. The van der Waals surface area contributed by atoms with Crippen LogP contribution in [0.25, 0.3) is 17.0 Å². The average Bonchev–Trinajstić information content (AvgIpc) is 3.01. The maximum Gasteiger partial charge on any atom is 0.336 e. The van der Waals surface area contributed by atoms with E-state index in [-0.39, 0.29) is 11.5 Å². The van der Waals surface area contributed by atoms with E-state index in [4.69, 9.17) is 4.42 Å². The van der Waals surface area contributed by atoms with Gasteiger partial charge in [-0.2, -0.15) is 0 Å². The number of amides is 1. The van der Waals surface area contributed by atoms with E-state index >= 15 is 0 Å². The van der Waals surface area contributed by atoms with Crippen LogP contribution in [-0.2, 0) is 4.79 Å². The molecule has 1 N–H and O–H groups in total. The van der Waals surface area contributed by atoms with Crippen LogP contribution in [-0.4, -0.2) is 17.3 Å². The van der Waals surface area contributed by atoms with E-state index in [1.807, 2.05) is 36.6 Å². The third-order valence-corrected chi connectivity index (χ3v) is 5.55. The summed E-state index contributed by atoms with van der Waals surface area (Å²) in [6.45, 7) is 0. The summed E-state index contributed by atoms with van der Waals surface area (Å²) >= 11 is 2.97. The first kappa shape index (κ1) is 17.6. The molecular formula is C20H14N2O3S2. The zero-order valence-corrected chi connectivity index (χ0v) is 15.9. The Hall–Kier alpha value is -2.77. The molecule has 7 heteroatoms. The Labute approximate surface area is 163 Å². The molecule has 3 aromatic rings. The highest BCUT2D eigenvalue weighted by Crippen LogP contribution is 2.29. The minimum Gasteiger partial charge on any atom is -0.423 e. The fraction of sp³-hybridized carbons (Fsp3) is 0.0500. The summed E-state index contributed by atoms with van der Waals surface area (Å²) in [5.74, 6) is -0.167. The molecule has 0 unspecified atom stereocenters. The summed E-state index contributed by atoms with van der Waals surface area (Å²) in [4.78, 5) is 29.7. The fourth-order valence-corrected chi connectivity index (χ4v) is 3.83. The summed E-state index contributed by atoms with van der Waals surface area (Å²) in [5, 5.41) is 4.07. The van der Waals surface area contributed by atoms with Gasteiger partial charge in [0, 0.05) is 16.3 Å². The van der Waals surface area contributed by atoms with Crippen molar-refractivity contribution in [2.45, 2.75) is 4.90 Å². The van der Waals surface area contributed by atoms with Gasteiger partial charge in [0.15, 0.2) is 5.17 Å². The lowest BCUT2D eigenvalue weighted by atomic mass is 10.2. The van der Waals surface area contributed by atoms with Crippen LogP contribution in [0.15, 0.2) is 78.6 Å². The van der Waals surface area contributed by atoms with Crippen molar-refractivity contribution in [2.75, 3.05) is 6.26 Å². The van der Waals surface area contributed by atoms with E-state index in [0.29, 0.717) is 21.3 Å². The summed E-state index contributed by atoms with van der Waals surface area (Å²) in [6.07, 6.45) is 3.87. The number of amidine groups is 1. The molecule has 1 aliphatic heterocycles. The zero-order valence-electron chi connectivity index (χ0n) is 14.3. The molecule has 1 saturated heterocycles. The number of nitrogens with one attached hydrogen (secondary N) is 1. The summed E-state index contributed by atoms with van der Waals surface area (Å²) in [7, 11) is 0. The smallest absolute Gasteiger partial charge is 0.336 e. The molecule has 1 amide bonds. The number of carbonyl (C=O) groups is 1. The van der Waals surface area contributed by atoms with Crippen molar-refractivity contribution < 1.29 is 9.21 Å². The molecule has 0 spiro atoms. The van der Waals surface area contributed by atoms with Crippen LogP contribution >= 0.6 is 23.5 Å². The number of nitrogens with zero attached hydrogens (tertiary/aromatic N) is 1. The van der Waals surface area contributed by atoms with Crippen molar-refractivity contribution in [3.63, 3.8) is 0 Å². The Morgan fingerprint density at radius 3 is 2.67 bits per heavy atom. The van der Waals surface area contributed by atoms with E-state index in [9.17, 15) is 9.59 Å². The van der Waals surface area contributed by atoms with Gasteiger partial charge in [0.1, 0.15) is 5.58 Å². The van der Waals surface area contributed by atoms with E-state index in [2.05, 4.69) is 10.3 Å². The number of carbonyl (C=O) groups excluding carboxylic acids is 1. The van der Waals surface area contributed by atoms with Gasteiger partial charge >= 0.3 is 5.63 Å². The van der Waals surface area contributed by atoms with Crippen molar-refractivity contribution in [1.82, 2.24) is 5.32 Å². The van der Waals surface area contributed by atoms with Gasteiger partial charge in [0.05, 0.1) is 10.6 Å². The van der Waals surface area contributed by atoms with Gasteiger partial charge in [-0.25, -0.2) is 9.79 Å². The zero-order chi connectivity index (χ0) is 18.8. The third-order valence-electron chi connectivity index (χ3n) is 3.90. The Kier molecular flexibility index (Phi) is 4.87. The molecule has 5 nitrogen and oxygen atoms in total. The SMILES string of the molecule is CSc1ccc(/C=C2/SC(=Nc3ccc4oc(=O)ccc4c3)NC2=O)cc1. The topological polar surface area (TPSA) is 71.7 Å². The lowest BCUT2D eigenvalue weighted by Gasteiger charge is -1.99. The average molecular weight is 394 g/mol. The number of hydrogen-bond acceptors (Lipinski definition) is 6. The Balaban J connectivity index is 1.58. The van der Waals surface area contributed by atoms with Gasteiger partial charge in [-0.1, -0.05) is 12.1 Å². The van der Waals surface area contributed by atoms with Gasteiger partial charge in [-0.15, -0.1) is 11.8 Å². The van der Waals surface area contributed by atoms with Crippen LogP contribution in [0.2, 0.25) is 0 Å². The van der Waals surface area contributed by atoms with Gasteiger partial charge in [0.25, 0.3) is 5.91 Å². The van der Waals surface area contributed by atoms with Crippen LogP contribution in [0, 0.1) is 0 Å². The monoisotopic (exact) mass is 394 g/mol. The predicted molar refractivity (Wildman–Crippen MR) is 112 cm³/mol. The summed E-state index contributed by atoms with van der Waals surface area (Å²) in [5.41, 5.74) is 1.75. The molecular weight excluding hydrogens is 380 g/mol. The van der Waals surface area contributed by atoms with E-state index in [1.54, 1.807) is 36.0 Å². The predicted octanol–water partition coefficient (Wildman–Crippen LogP) is 4.41. The molecule has 134 valence electrons.